The van der Waals surface area contributed by atoms with Crippen molar-refractivity contribution >= 4 is 11.6 Å². The first-order valence-electron chi connectivity index (χ1n) is 11.0. The number of aromatic nitrogens is 2. The molecule has 160 valence electrons. The van der Waals surface area contributed by atoms with Gasteiger partial charge in [-0.15, -0.1) is 0 Å². The van der Waals surface area contributed by atoms with Gasteiger partial charge in [-0.3, -0.25) is 9.48 Å². The predicted molar refractivity (Wildman–Crippen MR) is 128 cm³/mol. The Hall–Kier alpha value is -3.86. The SMILES string of the molecule is Nc1ccc2c(c1)CCN(C(=O)Cn1nc(-c3ccccc3)cc1-c1ccccc1)CC2. The summed E-state index contributed by atoms with van der Waals surface area (Å²) in [6.45, 7) is 1.63. The number of anilines is 1. The Labute approximate surface area is 188 Å². The van der Waals surface area contributed by atoms with Crippen LogP contribution in [0.5, 0.6) is 0 Å². The van der Waals surface area contributed by atoms with Gasteiger partial charge in [0.15, 0.2) is 0 Å². The summed E-state index contributed by atoms with van der Waals surface area (Å²) in [5, 5.41) is 4.82. The number of hydrogen-bond acceptors (Lipinski definition) is 3. The number of hydrogen-bond donors (Lipinski definition) is 1. The summed E-state index contributed by atoms with van der Waals surface area (Å²) in [6, 6.07) is 28.3. The molecule has 32 heavy (non-hydrogen) atoms. The summed E-state index contributed by atoms with van der Waals surface area (Å²) >= 11 is 0. The van der Waals surface area contributed by atoms with E-state index in [4.69, 9.17) is 10.8 Å². The summed E-state index contributed by atoms with van der Waals surface area (Å²) in [5.74, 6) is 0.0886. The van der Waals surface area contributed by atoms with Crippen LogP contribution in [0.2, 0.25) is 0 Å². The van der Waals surface area contributed by atoms with Gasteiger partial charge in [-0.05, 0) is 47.7 Å². The molecule has 1 aliphatic rings. The number of benzene rings is 3. The molecule has 0 fully saturated rings. The third kappa shape index (κ3) is 4.14. The monoisotopic (exact) mass is 422 g/mol. The third-order valence-electron chi connectivity index (χ3n) is 6.09. The fraction of sp³-hybridized carbons (Fsp3) is 0.185. The standard InChI is InChI=1S/C27H26N4O/c28-24-12-11-20-13-15-30(16-14-23(20)17-24)27(32)19-31-26(22-9-5-2-6-10-22)18-25(29-31)21-7-3-1-4-8-21/h1-12,17-18H,13-16,19,28H2. The minimum absolute atomic E-state index is 0.0886. The number of rotatable bonds is 4. The fourth-order valence-electron chi connectivity index (χ4n) is 4.35. The molecule has 0 bridgehead atoms. The van der Waals surface area contributed by atoms with Gasteiger partial charge >= 0.3 is 0 Å². The van der Waals surface area contributed by atoms with Crippen LogP contribution in [0.1, 0.15) is 11.1 Å². The molecule has 2 N–H and O–H groups in total. The minimum Gasteiger partial charge on any atom is -0.399 e. The lowest BCUT2D eigenvalue weighted by Crippen LogP contribution is -2.36. The van der Waals surface area contributed by atoms with Crippen LogP contribution in [0.4, 0.5) is 5.69 Å². The number of amides is 1. The molecule has 0 unspecified atom stereocenters. The van der Waals surface area contributed by atoms with Crippen molar-refractivity contribution in [2.45, 2.75) is 19.4 Å². The van der Waals surface area contributed by atoms with Crippen molar-refractivity contribution in [3.05, 3.63) is 96.1 Å². The number of carbonyl (C=O) groups is 1. The first kappa shape index (κ1) is 20.1. The van der Waals surface area contributed by atoms with Crippen LogP contribution in [0.25, 0.3) is 22.5 Å². The molecule has 0 aliphatic carbocycles. The van der Waals surface area contributed by atoms with Crippen LogP contribution in [-0.2, 0) is 24.2 Å². The molecule has 3 aromatic carbocycles. The Kier molecular flexibility index (Phi) is 5.46. The molecule has 4 aromatic rings. The second-order valence-electron chi connectivity index (χ2n) is 8.21. The van der Waals surface area contributed by atoms with E-state index >= 15 is 0 Å². The van der Waals surface area contributed by atoms with E-state index in [1.165, 1.54) is 11.1 Å². The number of nitrogens with two attached hydrogens (primary N) is 1. The molecular weight excluding hydrogens is 396 g/mol. The molecule has 5 rings (SSSR count). The molecule has 0 saturated carbocycles. The van der Waals surface area contributed by atoms with Gasteiger partial charge in [0.25, 0.3) is 0 Å². The number of nitrogen functional groups attached to an aromatic ring is 1. The highest BCUT2D eigenvalue weighted by Gasteiger charge is 2.21. The van der Waals surface area contributed by atoms with E-state index in [1.54, 1.807) is 0 Å². The largest absolute Gasteiger partial charge is 0.399 e. The van der Waals surface area contributed by atoms with E-state index in [-0.39, 0.29) is 12.5 Å². The lowest BCUT2D eigenvalue weighted by Gasteiger charge is -2.21. The Bertz CT molecular complexity index is 1230. The zero-order valence-electron chi connectivity index (χ0n) is 17.9. The molecule has 1 aromatic heterocycles. The van der Waals surface area contributed by atoms with Crippen LogP contribution >= 0.6 is 0 Å². The van der Waals surface area contributed by atoms with E-state index in [0.29, 0.717) is 13.1 Å². The van der Waals surface area contributed by atoms with E-state index in [2.05, 4.69) is 24.3 Å². The quantitative estimate of drug-likeness (QED) is 0.495. The average Bonchev–Trinajstić information content (AvgIpc) is 3.13. The van der Waals surface area contributed by atoms with Crippen molar-refractivity contribution in [3.63, 3.8) is 0 Å². The Balaban J connectivity index is 1.41. The molecule has 5 nitrogen and oxygen atoms in total. The van der Waals surface area contributed by atoms with Gasteiger partial charge in [-0.25, -0.2) is 0 Å². The maximum Gasteiger partial charge on any atom is 0.244 e. The fourth-order valence-corrected chi connectivity index (χ4v) is 4.35. The molecule has 5 heteroatoms. The van der Waals surface area contributed by atoms with Gasteiger partial charge in [0, 0.05) is 24.3 Å². The summed E-state index contributed by atoms with van der Waals surface area (Å²) in [5.41, 5.74) is 13.2. The summed E-state index contributed by atoms with van der Waals surface area (Å²) in [4.78, 5) is 15.3. The highest BCUT2D eigenvalue weighted by molar-refractivity contribution is 5.78. The van der Waals surface area contributed by atoms with Crippen LogP contribution in [0, 0.1) is 0 Å². The van der Waals surface area contributed by atoms with Gasteiger partial charge in [0.2, 0.25) is 5.91 Å². The highest BCUT2D eigenvalue weighted by atomic mass is 16.2. The lowest BCUT2D eigenvalue weighted by atomic mass is 10.0. The molecule has 0 saturated heterocycles. The van der Waals surface area contributed by atoms with Crippen molar-refractivity contribution in [2.75, 3.05) is 18.8 Å². The van der Waals surface area contributed by atoms with Gasteiger partial charge < -0.3 is 10.6 Å². The van der Waals surface area contributed by atoms with Crippen molar-refractivity contribution in [1.82, 2.24) is 14.7 Å². The zero-order valence-corrected chi connectivity index (χ0v) is 17.9. The molecular formula is C27H26N4O. The number of fused-ring (bicyclic) bond motifs is 1. The Morgan fingerprint density at radius 1 is 0.812 bits per heavy atom. The molecule has 0 atom stereocenters. The second kappa shape index (κ2) is 8.71. The Morgan fingerprint density at radius 2 is 1.47 bits per heavy atom. The zero-order chi connectivity index (χ0) is 21.9. The number of carbonyl (C=O) groups excluding carboxylic acids is 1. The summed E-state index contributed by atoms with van der Waals surface area (Å²) in [6.07, 6.45) is 1.67. The van der Waals surface area contributed by atoms with E-state index in [0.717, 1.165) is 41.0 Å². The lowest BCUT2D eigenvalue weighted by molar-refractivity contribution is -0.131. The summed E-state index contributed by atoms with van der Waals surface area (Å²) in [7, 11) is 0. The topological polar surface area (TPSA) is 64.2 Å². The van der Waals surface area contributed by atoms with Gasteiger partial charge in [0.1, 0.15) is 6.54 Å². The van der Waals surface area contributed by atoms with Gasteiger partial charge in [0.05, 0.1) is 11.4 Å². The average molecular weight is 423 g/mol. The van der Waals surface area contributed by atoms with Crippen LogP contribution in [0.15, 0.2) is 84.9 Å². The third-order valence-corrected chi connectivity index (χ3v) is 6.09. The highest BCUT2D eigenvalue weighted by Crippen LogP contribution is 2.26. The first-order valence-corrected chi connectivity index (χ1v) is 11.0. The molecule has 2 heterocycles. The van der Waals surface area contributed by atoms with Crippen LogP contribution in [-0.4, -0.2) is 33.7 Å². The van der Waals surface area contributed by atoms with Crippen LogP contribution in [0.3, 0.4) is 0 Å². The second-order valence-corrected chi connectivity index (χ2v) is 8.21. The van der Waals surface area contributed by atoms with Gasteiger partial charge in [-0.2, -0.15) is 5.10 Å². The molecule has 0 spiro atoms. The normalized spacial score (nSPS) is 13.4. The van der Waals surface area contributed by atoms with E-state index in [9.17, 15) is 4.79 Å². The maximum atomic E-state index is 13.3. The first-order chi connectivity index (χ1) is 15.7. The summed E-state index contributed by atoms with van der Waals surface area (Å²) < 4.78 is 1.84. The van der Waals surface area contributed by atoms with Crippen LogP contribution < -0.4 is 5.73 Å². The van der Waals surface area contributed by atoms with Gasteiger partial charge in [-0.1, -0.05) is 66.7 Å². The molecule has 1 amide bonds. The van der Waals surface area contributed by atoms with E-state index < -0.39 is 0 Å². The van der Waals surface area contributed by atoms with E-state index in [1.807, 2.05) is 70.2 Å². The van der Waals surface area contributed by atoms with Crippen molar-refractivity contribution < 1.29 is 4.79 Å². The smallest absolute Gasteiger partial charge is 0.244 e. The van der Waals surface area contributed by atoms with Crippen molar-refractivity contribution in [2.24, 2.45) is 0 Å². The predicted octanol–water partition coefficient (Wildman–Crippen LogP) is 4.43. The Morgan fingerprint density at radius 3 is 2.19 bits per heavy atom. The molecule has 1 aliphatic heterocycles. The maximum absolute atomic E-state index is 13.3. The molecule has 0 radical (unpaired) electrons. The number of nitrogens with zero attached hydrogens (tertiary/aromatic N) is 3. The van der Waals surface area contributed by atoms with Crippen molar-refractivity contribution in [1.29, 1.82) is 0 Å². The van der Waals surface area contributed by atoms with Crippen molar-refractivity contribution in [3.8, 4) is 22.5 Å². The minimum atomic E-state index is 0.0886.